The van der Waals surface area contributed by atoms with Crippen molar-refractivity contribution in [2.75, 3.05) is 11.9 Å². The predicted octanol–water partition coefficient (Wildman–Crippen LogP) is 1.99. The fraction of sp³-hybridized carbons (Fsp3) is 0.235. The molecule has 1 aromatic heterocycles. The zero-order chi connectivity index (χ0) is 19.1. The van der Waals surface area contributed by atoms with Crippen molar-refractivity contribution in [2.45, 2.75) is 6.92 Å². The Labute approximate surface area is 149 Å². The number of hydrogen-bond donors (Lipinski definition) is 1. The fourth-order valence-corrected chi connectivity index (χ4v) is 2.06. The van der Waals surface area contributed by atoms with Gasteiger partial charge in [0.15, 0.2) is 5.69 Å². The van der Waals surface area contributed by atoms with E-state index in [2.05, 4.69) is 15.5 Å². The number of azo groups is 1. The van der Waals surface area contributed by atoms with Gasteiger partial charge in [0.1, 0.15) is 5.82 Å². The molecular formula is C17H19N5O4. The van der Waals surface area contributed by atoms with Crippen LogP contribution in [0.25, 0.3) is 0 Å². The van der Waals surface area contributed by atoms with Crippen molar-refractivity contribution in [1.82, 2.24) is 9.13 Å². The van der Waals surface area contributed by atoms with Gasteiger partial charge in [-0.3, -0.25) is 13.9 Å². The first-order chi connectivity index (χ1) is 12.5. The molecule has 0 saturated carbocycles. The minimum absolute atomic E-state index is 0.0630. The molecule has 136 valence electrons. The van der Waals surface area contributed by atoms with E-state index >= 15 is 0 Å². The average Bonchev–Trinajstić information content (AvgIpc) is 2.64. The monoisotopic (exact) mass is 357 g/mol. The van der Waals surface area contributed by atoms with Crippen LogP contribution in [0.1, 0.15) is 6.92 Å². The van der Waals surface area contributed by atoms with E-state index in [9.17, 15) is 14.4 Å². The number of rotatable bonds is 6. The number of esters is 1. The molecule has 2 rings (SSSR count). The van der Waals surface area contributed by atoms with Crippen molar-refractivity contribution in [2.24, 2.45) is 24.3 Å². The lowest BCUT2D eigenvalue weighted by Crippen LogP contribution is -2.37. The van der Waals surface area contributed by atoms with Crippen LogP contribution in [0.4, 0.5) is 17.2 Å². The van der Waals surface area contributed by atoms with Crippen LogP contribution in [0.15, 0.2) is 62.4 Å². The van der Waals surface area contributed by atoms with Crippen molar-refractivity contribution >= 4 is 23.2 Å². The highest BCUT2D eigenvalue weighted by atomic mass is 16.5. The molecule has 1 heterocycles. The molecule has 0 aliphatic carbocycles. The summed E-state index contributed by atoms with van der Waals surface area (Å²) in [6.07, 6.45) is 2.41. The largest absolute Gasteiger partial charge is 0.463 e. The Hall–Kier alpha value is -3.49. The minimum Gasteiger partial charge on any atom is -0.463 e. The molecule has 26 heavy (non-hydrogen) atoms. The van der Waals surface area contributed by atoms with Crippen molar-refractivity contribution in [3.05, 3.63) is 63.4 Å². The number of aromatic nitrogens is 2. The summed E-state index contributed by atoms with van der Waals surface area (Å²) in [7, 11) is 2.83. The van der Waals surface area contributed by atoms with Gasteiger partial charge in [-0.05, 0) is 19.1 Å². The number of anilines is 1. The molecule has 1 aromatic carbocycles. The second-order valence-electron chi connectivity index (χ2n) is 5.17. The summed E-state index contributed by atoms with van der Waals surface area (Å²) < 4.78 is 6.90. The zero-order valence-corrected chi connectivity index (χ0v) is 14.7. The molecule has 0 unspecified atom stereocenters. The first-order valence-electron chi connectivity index (χ1n) is 7.82. The smallest absolute Gasteiger partial charge is 0.332 e. The van der Waals surface area contributed by atoms with E-state index in [0.717, 1.165) is 10.6 Å². The summed E-state index contributed by atoms with van der Waals surface area (Å²) in [5, 5.41) is 10.7. The van der Waals surface area contributed by atoms with E-state index in [1.165, 1.54) is 24.9 Å². The third-order valence-corrected chi connectivity index (χ3v) is 3.39. The van der Waals surface area contributed by atoms with Crippen molar-refractivity contribution < 1.29 is 9.53 Å². The second-order valence-corrected chi connectivity index (χ2v) is 5.17. The van der Waals surface area contributed by atoms with E-state index < -0.39 is 17.2 Å². The van der Waals surface area contributed by atoms with Crippen LogP contribution < -0.4 is 16.6 Å². The molecular weight excluding hydrogens is 338 g/mol. The summed E-state index contributed by atoms with van der Waals surface area (Å²) in [6, 6.07) is 8.85. The number of carbonyl (C=O) groups excluding carboxylic acids is 1. The fourth-order valence-electron chi connectivity index (χ4n) is 2.06. The lowest BCUT2D eigenvalue weighted by atomic mass is 10.3. The summed E-state index contributed by atoms with van der Waals surface area (Å²) >= 11 is 0. The number of nitrogens with one attached hydrogen (secondary N) is 1. The quantitative estimate of drug-likeness (QED) is 0.483. The van der Waals surface area contributed by atoms with Gasteiger partial charge < -0.3 is 10.1 Å². The first kappa shape index (κ1) is 18.8. The number of nitrogens with zero attached hydrogens (tertiary/aromatic N) is 4. The van der Waals surface area contributed by atoms with Crippen LogP contribution >= 0.6 is 0 Å². The van der Waals surface area contributed by atoms with E-state index in [1.54, 1.807) is 31.2 Å². The van der Waals surface area contributed by atoms with Gasteiger partial charge in [0.25, 0.3) is 5.56 Å². The topological polar surface area (TPSA) is 107 Å². The predicted molar refractivity (Wildman–Crippen MR) is 96.9 cm³/mol. The van der Waals surface area contributed by atoms with Gasteiger partial charge in [-0.1, -0.05) is 18.2 Å². The van der Waals surface area contributed by atoms with E-state index in [0.29, 0.717) is 5.69 Å². The number of hydrogen-bond acceptors (Lipinski definition) is 7. The third-order valence-electron chi connectivity index (χ3n) is 3.39. The molecule has 0 bridgehead atoms. The van der Waals surface area contributed by atoms with Gasteiger partial charge in [-0.15, -0.1) is 5.11 Å². The SMILES string of the molecule is CCOC(=O)/C=C\Nc1c(N=Nc2ccccc2)c(=O)n(C)c(=O)n1C. The molecule has 0 radical (unpaired) electrons. The summed E-state index contributed by atoms with van der Waals surface area (Å²) in [4.78, 5) is 35.9. The minimum atomic E-state index is -0.611. The Morgan fingerprint density at radius 1 is 1.15 bits per heavy atom. The molecule has 9 heteroatoms. The second kappa shape index (κ2) is 8.56. The standard InChI is InChI=1S/C17H19N5O4/c1-4-26-13(23)10-11-18-15-14(16(24)22(3)17(25)21(15)2)20-19-12-8-6-5-7-9-12/h5-11,18H,4H2,1-3H3/b11-10-,20-19?. The van der Waals surface area contributed by atoms with E-state index in [1.807, 2.05) is 6.07 Å². The van der Waals surface area contributed by atoms with Crippen molar-refractivity contribution in [1.29, 1.82) is 0 Å². The zero-order valence-electron chi connectivity index (χ0n) is 14.7. The molecule has 0 saturated heterocycles. The molecule has 0 aliphatic heterocycles. The van der Waals surface area contributed by atoms with Gasteiger partial charge in [-0.2, -0.15) is 5.11 Å². The lowest BCUT2D eigenvalue weighted by Gasteiger charge is -2.11. The molecule has 0 fully saturated rings. The van der Waals surface area contributed by atoms with Gasteiger partial charge in [0, 0.05) is 26.4 Å². The van der Waals surface area contributed by atoms with Crippen molar-refractivity contribution in [3.63, 3.8) is 0 Å². The van der Waals surface area contributed by atoms with Crippen LogP contribution in [-0.2, 0) is 23.6 Å². The third kappa shape index (κ3) is 4.32. The van der Waals surface area contributed by atoms with Gasteiger partial charge in [0.2, 0.25) is 0 Å². The normalized spacial score (nSPS) is 11.2. The maximum Gasteiger partial charge on any atom is 0.332 e. The highest BCUT2D eigenvalue weighted by Crippen LogP contribution is 2.21. The van der Waals surface area contributed by atoms with Crippen molar-refractivity contribution in [3.8, 4) is 0 Å². The maximum atomic E-state index is 12.4. The number of benzene rings is 1. The van der Waals surface area contributed by atoms with E-state index in [4.69, 9.17) is 4.74 Å². The van der Waals surface area contributed by atoms with Gasteiger partial charge >= 0.3 is 11.7 Å². The van der Waals surface area contributed by atoms with Crippen LogP contribution in [0.5, 0.6) is 0 Å². The highest BCUT2D eigenvalue weighted by molar-refractivity contribution is 5.82. The van der Waals surface area contributed by atoms with Gasteiger partial charge in [-0.25, -0.2) is 9.59 Å². The van der Waals surface area contributed by atoms with Crippen LogP contribution in [0, 0.1) is 0 Å². The molecule has 0 atom stereocenters. The highest BCUT2D eigenvalue weighted by Gasteiger charge is 2.15. The van der Waals surface area contributed by atoms with E-state index in [-0.39, 0.29) is 18.1 Å². The maximum absolute atomic E-state index is 12.4. The molecule has 0 amide bonds. The summed E-state index contributed by atoms with van der Waals surface area (Å²) in [6.45, 7) is 1.93. The van der Waals surface area contributed by atoms with Crippen LogP contribution in [-0.4, -0.2) is 21.7 Å². The number of carbonyl (C=O) groups is 1. The lowest BCUT2D eigenvalue weighted by molar-refractivity contribution is -0.137. The van der Waals surface area contributed by atoms with Crippen LogP contribution in [0.3, 0.4) is 0 Å². The molecule has 0 aliphatic rings. The Morgan fingerprint density at radius 3 is 2.50 bits per heavy atom. The van der Waals surface area contributed by atoms with Gasteiger partial charge in [0.05, 0.1) is 12.3 Å². The Bertz CT molecular complexity index is 958. The Morgan fingerprint density at radius 2 is 1.85 bits per heavy atom. The first-order valence-corrected chi connectivity index (χ1v) is 7.82. The molecule has 0 spiro atoms. The summed E-state index contributed by atoms with van der Waals surface area (Å²) in [5.41, 5.74) is -0.663. The summed E-state index contributed by atoms with van der Waals surface area (Å²) in [5.74, 6) is -0.445. The average molecular weight is 357 g/mol. The molecule has 1 N–H and O–H groups in total. The van der Waals surface area contributed by atoms with Crippen LogP contribution in [0.2, 0.25) is 0 Å². The Balaban J connectivity index is 2.45. The molecule has 2 aromatic rings. The number of ether oxygens (including phenoxy) is 1. The Kier molecular flexibility index (Phi) is 6.20. The molecule has 9 nitrogen and oxygen atoms in total.